The molecule has 0 aliphatic carbocycles. The van der Waals surface area contributed by atoms with E-state index in [0.29, 0.717) is 37.6 Å². The van der Waals surface area contributed by atoms with Crippen molar-refractivity contribution in [2.75, 3.05) is 62.8 Å². The Kier molecular flexibility index (Phi) is 7.16. The van der Waals surface area contributed by atoms with Crippen LogP contribution in [0.2, 0.25) is 0 Å². The van der Waals surface area contributed by atoms with E-state index in [1.165, 1.54) is 6.42 Å². The average molecular weight is 455 g/mol. The van der Waals surface area contributed by atoms with Crippen molar-refractivity contribution in [3.05, 3.63) is 52.6 Å². The number of carbonyl (C=O) groups is 1. The standard InChI is InChI=1S/C24H30N4O5/c1-32-20-6-8-21(9-7-20)33-18-24(29)27-15-13-25(14-16-27)19-5-10-22(28(30)31)23(17-19)26-11-3-2-4-12-26/h5-10,17H,2-4,11-16,18H2,1H3. The van der Waals surface area contributed by atoms with Crippen molar-refractivity contribution < 1.29 is 19.2 Å². The Labute approximate surface area is 193 Å². The molecule has 33 heavy (non-hydrogen) atoms. The molecule has 176 valence electrons. The predicted octanol–water partition coefficient (Wildman–Crippen LogP) is 3.32. The zero-order chi connectivity index (χ0) is 23.2. The number of benzene rings is 2. The molecule has 0 bridgehead atoms. The number of amides is 1. The Morgan fingerprint density at radius 3 is 2.21 bits per heavy atom. The summed E-state index contributed by atoms with van der Waals surface area (Å²) in [6.07, 6.45) is 3.28. The topological polar surface area (TPSA) is 88.4 Å². The van der Waals surface area contributed by atoms with Gasteiger partial charge in [-0.1, -0.05) is 0 Å². The molecule has 0 spiro atoms. The van der Waals surface area contributed by atoms with Gasteiger partial charge in [0, 0.05) is 51.0 Å². The third-order valence-corrected chi connectivity index (χ3v) is 6.27. The van der Waals surface area contributed by atoms with Crippen LogP contribution in [0.4, 0.5) is 17.1 Å². The molecule has 2 aliphatic rings. The van der Waals surface area contributed by atoms with Crippen molar-refractivity contribution in [3.63, 3.8) is 0 Å². The molecule has 2 aliphatic heterocycles. The van der Waals surface area contributed by atoms with E-state index in [0.717, 1.165) is 37.4 Å². The highest BCUT2D eigenvalue weighted by Gasteiger charge is 2.25. The molecular formula is C24H30N4O5. The highest BCUT2D eigenvalue weighted by atomic mass is 16.6. The summed E-state index contributed by atoms with van der Waals surface area (Å²) in [4.78, 5) is 30.0. The lowest BCUT2D eigenvalue weighted by Crippen LogP contribution is -2.50. The molecule has 2 aromatic carbocycles. The van der Waals surface area contributed by atoms with Gasteiger partial charge in [0.25, 0.3) is 11.6 Å². The van der Waals surface area contributed by atoms with Crippen molar-refractivity contribution in [1.82, 2.24) is 4.90 Å². The SMILES string of the molecule is COc1ccc(OCC(=O)N2CCN(c3ccc([N+](=O)[O-])c(N4CCCCC4)c3)CC2)cc1. The Morgan fingerprint density at radius 1 is 0.909 bits per heavy atom. The third kappa shape index (κ3) is 5.47. The number of ether oxygens (including phenoxy) is 2. The number of methoxy groups -OCH3 is 1. The number of nitro benzene ring substituents is 1. The smallest absolute Gasteiger partial charge is 0.292 e. The van der Waals surface area contributed by atoms with Crippen LogP contribution in [0.3, 0.4) is 0 Å². The molecule has 4 rings (SSSR count). The van der Waals surface area contributed by atoms with Gasteiger partial charge in [-0.25, -0.2) is 0 Å². The number of anilines is 2. The first-order valence-electron chi connectivity index (χ1n) is 11.4. The van der Waals surface area contributed by atoms with Crippen LogP contribution in [0.5, 0.6) is 11.5 Å². The molecule has 1 amide bonds. The molecule has 0 N–H and O–H groups in total. The number of nitrogens with zero attached hydrogens (tertiary/aromatic N) is 4. The summed E-state index contributed by atoms with van der Waals surface area (Å²) < 4.78 is 10.7. The Bertz CT molecular complexity index is 967. The second-order valence-electron chi connectivity index (χ2n) is 8.31. The van der Waals surface area contributed by atoms with Gasteiger partial charge in [0.15, 0.2) is 6.61 Å². The number of piperazine rings is 1. The highest BCUT2D eigenvalue weighted by Crippen LogP contribution is 2.34. The molecule has 2 fully saturated rings. The van der Waals surface area contributed by atoms with Crippen LogP contribution in [0, 0.1) is 10.1 Å². The van der Waals surface area contributed by atoms with Crippen molar-refractivity contribution in [2.45, 2.75) is 19.3 Å². The monoisotopic (exact) mass is 454 g/mol. The molecule has 2 aromatic rings. The predicted molar refractivity (Wildman–Crippen MR) is 126 cm³/mol. The largest absolute Gasteiger partial charge is 0.497 e. The molecule has 9 nitrogen and oxygen atoms in total. The van der Waals surface area contributed by atoms with Gasteiger partial charge in [0.2, 0.25) is 0 Å². The molecule has 0 radical (unpaired) electrons. The lowest BCUT2D eigenvalue weighted by molar-refractivity contribution is -0.384. The summed E-state index contributed by atoms with van der Waals surface area (Å²) in [5.41, 5.74) is 1.82. The van der Waals surface area contributed by atoms with Gasteiger partial charge in [0.05, 0.1) is 12.0 Å². The Balaban J connectivity index is 1.34. The van der Waals surface area contributed by atoms with Gasteiger partial charge in [-0.3, -0.25) is 14.9 Å². The van der Waals surface area contributed by atoms with Crippen molar-refractivity contribution in [1.29, 1.82) is 0 Å². The number of hydrogen-bond acceptors (Lipinski definition) is 7. The lowest BCUT2D eigenvalue weighted by Gasteiger charge is -2.36. The van der Waals surface area contributed by atoms with E-state index in [1.807, 2.05) is 12.1 Å². The minimum atomic E-state index is -0.298. The molecule has 2 heterocycles. The fraction of sp³-hybridized carbons (Fsp3) is 0.458. The second kappa shape index (κ2) is 10.4. The Hall–Kier alpha value is -3.49. The minimum Gasteiger partial charge on any atom is -0.497 e. The maximum Gasteiger partial charge on any atom is 0.292 e. The quantitative estimate of drug-likeness (QED) is 0.468. The maximum absolute atomic E-state index is 12.6. The number of hydrogen-bond donors (Lipinski definition) is 0. The summed E-state index contributed by atoms with van der Waals surface area (Å²) in [5, 5.41) is 11.6. The van der Waals surface area contributed by atoms with Crippen molar-refractivity contribution in [3.8, 4) is 11.5 Å². The number of rotatable bonds is 7. The van der Waals surface area contributed by atoms with Crippen LogP contribution in [-0.2, 0) is 4.79 Å². The normalized spacial score (nSPS) is 16.5. The molecule has 9 heteroatoms. The van der Waals surface area contributed by atoms with Gasteiger partial charge in [-0.05, 0) is 55.7 Å². The van der Waals surface area contributed by atoms with E-state index in [4.69, 9.17) is 9.47 Å². The summed E-state index contributed by atoms with van der Waals surface area (Å²) in [6.45, 7) is 4.20. The van der Waals surface area contributed by atoms with Crippen LogP contribution in [0.25, 0.3) is 0 Å². The third-order valence-electron chi connectivity index (χ3n) is 6.27. The Morgan fingerprint density at radius 2 is 1.58 bits per heavy atom. The number of carbonyl (C=O) groups excluding carboxylic acids is 1. The van der Waals surface area contributed by atoms with E-state index in [2.05, 4.69) is 9.80 Å². The van der Waals surface area contributed by atoms with Crippen LogP contribution >= 0.6 is 0 Å². The van der Waals surface area contributed by atoms with Gasteiger partial charge in [-0.15, -0.1) is 0 Å². The average Bonchev–Trinajstić information content (AvgIpc) is 2.87. The van der Waals surface area contributed by atoms with E-state index in [-0.39, 0.29) is 23.1 Å². The van der Waals surface area contributed by atoms with E-state index in [9.17, 15) is 14.9 Å². The molecule has 0 unspecified atom stereocenters. The summed E-state index contributed by atoms with van der Waals surface area (Å²) in [7, 11) is 1.60. The summed E-state index contributed by atoms with van der Waals surface area (Å²) in [5.74, 6) is 1.31. The van der Waals surface area contributed by atoms with E-state index < -0.39 is 0 Å². The molecular weight excluding hydrogens is 424 g/mol. The maximum atomic E-state index is 12.6. The molecule has 2 saturated heterocycles. The van der Waals surface area contributed by atoms with Crippen LogP contribution in [0.15, 0.2) is 42.5 Å². The summed E-state index contributed by atoms with van der Waals surface area (Å²) >= 11 is 0. The second-order valence-corrected chi connectivity index (χ2v) is 8.31. The van der Waals surface area contributed by atoms with Crippen LogP contribution in [-0.4, -0.2) is 68.7 Å². The number of nitro groups is 1. The fourth-order valence-electron chi connectivity index (χ4n) is 4.37. The zero-order valence-corrected chi connectivity index (χ0v) is 18.9. The number of piperidine rings is 1. The first-order chi connectivity index (χ1) is 16.0. The van der Waals surface area contributed by atoms with Gasteiger partial charge >= 0.3 is 0 Å². The van der Waals surface area contributed by atoms with Gasteiger partial charge in [-0.2, -0.15) is 0 Å². The van der Waals surface area contributed by atoms with Gasteiger partial charge < -0.3 is 24.2 Å². The highest BCUT2D eigenvalue weighted by molar-refractivity contribution is 5.78. The van der Waals surface area contributed by atoms with E-state index in [1.54, 1.807) is 42.3 Å². The van der Waals surface area contributed by atoms with Crippen molar-refractivity contribution >= 4 is 23.0 Å². The van der Waals surface area contributed by atoms with Crippen molar-refractivity contribution in [2.24, 2.45) is 0 Å². The van der Waals surface area contributed by atoms with Crippen LogP contribution in [0.1, 0.15) is 19.3 Å². The fourth-order valence-corrected chi connectivity index (χ4v) is 4.37. The van der Waals surface area contributed by atoms with Gasteiger partial charge in [0.1, 0.15) is 17.2 Å². The summed E-state index contributed by atoms with van der Waals surface area (Å²) in [6, 6.07) is 12.5. The van der Waals surface area contributed by atoms with Crippen LogP contribution < -0.4 is 19.3 Å². The minimum absolute atomic E-state index is 0.0109. The molecule has 0 atom stereocenters. The molecule has 0 aromatic heterocycles. The van der Waals surface area contributed by atoms with E-state index >= 15 is 0 Å². The first kappa shape index (κ1) is 22.7. The lowest BCUT2D eigenvalue weighted by atomic mass is 10.1. The molecule has 0 saturated carbocycles. The first-order valence-corrected chi connectivity index (χ1v) is 11.4. The zero-order valence-electron chi connectivity index (χ0n) is 18.9.